The van der Waals surface area contributed by atoms with Crippen molar-refractivity contribution >= 4 is 22.5 Å². The number of benzene rings is 2. The summed E-state index contributed by atoms with van der Waals surface area (Å²) in [6, 6.07) is 15.4. The van der Waals surface area contributed by atoms with Crippen molar-refractivity contribution in [2.45, 2.75) is 26.4 Å². The molecule has 3 aromatic rings. The number of rotatable bonds is 7. The average Bonchev–Trinajstić information content (AvgIpc) is 2.68. The lowest BCUT2D eigenvalue weighted by molar-refractivity contribution is -0.118. The lowest BCUT2D eigenvalue weighted by atomic mass is 10.1. The Morgan fingerprint density at radius 2 is 1.89 bits per heavy atom. The molecule has 0 saturated carbocycles. The summed E-state index contributed by atoms with van der Waals surface area (Å²) in [5.74, 6) is 0.0449. The maximum atomic E-state index is 12.9. The molecule has 140 valence electrons. The van der Waals surface area contributed by atoms with Crippen molar-refractivity contribution in [3.8, 4) is 5.75 Å². The molecule has 0 bridgehead atoms. The van der Waals surface area contributed by atoms with E-state index >= 15 is 0 Å². The molecule has 0 aliphatic carbocycles. The number of carbonyl (C=O) groups is 1. The van der Waals surface area contributed by atoms with E-state index in [2.05, 4.69) is 24.4 Å². The van der Waals surface area contributed by atoms with Crippen LogP contribution in [0.15, 0.2) is 53.3 Å². The first kappa shape index (κ1) is 18.5. The molecule has 0 fully saturated rings. The average molecular weight is 365 g/mol. The number of nitrogens with one attached hydrogen (secondary N) is 1. The molecule has 1 aromatic heterocycles. The highest BCUT2D eigenvalue weighted by Gasteiger charge is 2.12. The Bertz CT molecular complexity index is 1020. The summed E-state index contributed by atoms with van der Waals surface area (Å²) < 4.78 is 6.63. The van der Waals surface area contributed by atoms with Gasteiger partial charge in [-0.3, -0.25) is 14.2 Å². The SMILES string of the molecule is CCc1ccc(NCc2cc3ccc(OC)cc3n(CC(N)=O)c2=O)cc1. The van der Waals surface area contributed by atoms with E-state index in [0.29, 0.717) is 23.4 Å². The summed E-state index contributed by atoms with van der Waals surface area (Å²) in [5, 5.41) is 4.11. The maximum Gasteiger partial charge on any atom is 0.256 e. The molecular formula is C21H23N3O3. The Kier molecular flexibility index (Phi) is 5.45. The number of aromatic nitrogens is 1. The molecule has 0 unspecified atom stereocenters. The van der Waals surface area contributed by atoms with Crippen molar-refractivity contribution in [3.63, 3.8) is 0 Å². The second-order valence-electron chi connectivity index (χ2n) is 6.36. The minimum Gasteiger partial charge on any atom is -0.497 e. The largest absolute Gasteiger partial charge is 0.497 e. The van der Waals surface area contributed by atoms with Crippen LogP contribution in [0.25, 0.3) is 10.9 Å². The highest BCUT2D eigenvalue weighted by atomic mass is 16.5. The van der Waals surface area contributed by atoms with Gasteiger partial charge in [0.25, 0.3) is 5.56 Å². The van der Waals surface area contributed by atoms with E-state index in [1.54, 1.807) is 13.2 Å². The quantitative estimate of drug-likeness (QED) is 0.674. The third kappa shape index (κ3) is 4.11. The molecular weight excluding hydrogens is 342 g/mol. The van der Waals surface area contributed by atoms with Crippen LogP contribution in [0.2, 0.25) is 0 Å². The monoisotopic (exact) mass is 365 g/mol. The molecule has 0 aliphatic heterocycles. The normalized spacial score (nSPS) is 10.7. The van der Waals surface area contributed by atoms with E-state index in [0.717, 1.165) is 17.5 Å². The van der Waals surface area contributed by atoms with E-state index in [4.69, 9.17) is 10.5 Å². The number of pyridine rings is 1. The van der Waals surface area contributed by atoms with Crippen LogP contribution in [0, 0.1) is 0 Å². The van der Waals surface area contributed by atoms with Crippen molar-refractivity contribution in [2.24, 2.45) is 5.73 Å². The van der Waals surface area contributed by atoms with Crippen LogP contribution in [0.4, 0.5) is 5.69 Å². The fraction of sp³-hybridized carbons (Fsp3) is 0.238. The fourth-order valence-electron chi connectivity index (χ4n) is 3.03. The van der Waals surface area contributed by atoms with Crippen molar-refractivity contribution in [1.29, 1.82) is 0 Å². The predicted octanol–water partition coefficient (Wildman–Crippen LogP) is 2.67. The second kappa shape index (κ2) is 7.95. The van der Waals surface area contributed by atoms with Crippen molar-refractivity contribution in [2.75, 3.05) is 12.4 Å². The van der Waals surface area contributed by atoms with Crippen LogP contribution in [0.5, 0.6) is 5.75 Å². The van der Waals surface area contributed by atoms with Crippen molar-refractivity contribution in [3.05, 3.63) is 70.0 Å². The van der Waals surface area contributed by atoms with Crippen molar-refractivity contribution < 1.29 is 9.53 Å². The van der Waals surface area contributed by atoms with Crippen LogP contribution in [-0.2, 0) is 24.3 Å². The predicted molar refractivity (Wildman–Crippen MR) is 107 cm³/mol. The third-order valence-corrected chi connectivity index (χ3v) is 4.54. The van der Waals surface area contributed by atoms with Gasteiger partial charge in [0.2, 0.25) is 5.91 Å². The van der Waals surface area contributed by atoms with E-state index in [1.165, 1.54) is 10.1 Å². The molecule has 6 nitrogen and oxygen atoms in total. The first-order chi connectivity index (χ1) is 13.0. The number of ether oxygens (including phenoxy) is 1. The summed E-state index contributed by atoms with van der Waals surface area (Å²) in [5.41, 5.74) is 8.48. The molecule has 3 rings (SSSR count). The molecule has 2 aromatic carbocycles. The van der Waals surface area contributed by atoms with Crippen LogP contribution in [-0.4, -0.2) is 17.6 Å². The third-order valence-electron chi connectivity index (χ3n) is 4.54. The van der Waals surface area contributed by atoms with E-state index < -0.39 is 5.91 Å². The fourth-order valence-corrected chi connectivity index (χ4v) is 3.03. The van der Waals surface area contributed by atoms with Gasteiger partial charge in [0.05, 0.1) is 12.6 Å². The number of fused-ring (bicyclic) bond motifs is 1. The van der Waals surface area contributed by atoms with Gasteiger partial charge in [0, 0.05) is 23.9 Å². The number of hydrogen-bond donors (Lipinski definition) is 2. The number of nitrogens with two attached hydrogens (primary N) is 1. The topological polar surface area (TPSA) is 86.3 Å². The maximum absolute atomic E-state index is 12.9. The smallest absolute Gasteiger partial charge is 0.256 e. The zero-order valence-corrected chi connectivity index (χ0v) is 15.5. The van der Waals surface area contributed by atoms with Gasteiger partial charge >= 0.3 is 0 Å². The minimum absolute atomic E-state index is 0.179. The summed E-state index contributed by atoms with van der Waals surface area (Å²) in [7, 11) is 1.56. The summed E-state index contributed by atoms with van der Waals surface area (Å²) in [4.78, 5) is 24.4. The molecule has 27 heavy (non-hydrogen) atoms. The summed E-state index contributed by atoms with van der Waals surface area (Å²) in [6.45, 7) is 2.28. The van der Waals surface area contributed by atoms with Crippen LogP contribution < -0.4 is 21.3 Å². The minimum atomic E-state index is -0.568. The molecule has 0 atom stereocenters. The second-order valence-corrected chi connectivity index (χ2v) is 6.36. The number of anilines is 1. The number of carbonyl (C=O) groups excluding carboxylic acids is 1. The molecule has 0 aliphatic rings. The van der Waals surface area contributed by atoms with Crippen LogP contribution in [0.1, 0.15) is 18.1 Å². The lowest BCUT2D eigenvalue weighted by Crippen LogP contribution is -2.31. The van der Waals surface area contributed by atoms with Crippen LogP contribution in [0.3, 0.4) is 0 Å². The molecule has 3 N–H and O–H groups in total. The zero-order chi connectivity index (χ0) is 19.4. The first-order valence-corrected chi connectivity index (χ1v) is 8.83. The molecule has 0 saturated heterocycles. The van der Waals surface area contributed by atoms with Gasteiger partial charge in [0.15, 0.2) is 0 Å². The van der Waals surface area contributed by atoms with Gasteiger partial charge in [-0.05, 0) is 47.7 Å². The van der Waals surface area contributed by atoms with Gasteiger partial charge in [-0.1, -0.05) is 19.1 Å². The first-order valence-electron chi connectivity index (χ1n) is 8.83. The number of primary amides is 1. The highest BCUT2D eigenvalue weighted by Crippen LogP contribution is 2.21. The Balaban J connectivity index is 1.98. The summed E-state index contributed by atoms with van der Waals surface area (Å²) in [6.07, 6.45) is 0.978. The highest BCUT2D eigenvalue weighted by molar-refractivity contribution is 5.83. The summed E-state index contributed by atoms with van der Waals surface area (Å²) >= 11 is 0. The van der Waals surface area contributed by atoms with Gasteiger partial charge in [-0.2, -0.15) is 0 Å². The number of nitrogens with zero attached hydrogens (tertiary/aromatic N) is 1. The number of aryl methyl sites for hydroxylation is 1. The molecule has 1 amide bonds. The number of amides is 1. The van der Waals surface area contributed by atoms with E-state index in [-0.39, 0.29) is 12.1 Å². The Morgan fingerprint density at radius 3 is 2.52 bits per heavy atom. The molecule has 0 radical (unpaired) electrons. The van der Waals surface area contributed by atoms with E-state index in [1.807, 2.05) is 30.3 Å². The van der Waals surface area contributed by atoms with Gasteiger partial charge in [0.1, 0.15) is 12.3 Å². The van der Waals surface area contributed by atoms with Crippen molar-refractivity contribution in [1.82, 2.24) is 4.57 Å². The Hall–Kier alpha value is -3.28. The van der Waals surface area contributed by atoms with Gasteiger partial charge in [-0.25, -0.2) is 0 Å². The molecule has 0 spiro atoms. The van der Waals surface area contributed by atoms with Gasteiger partial charge < -0.3 is 15.8 Å². The van der Waals surface area contributed by atoms with Gasteiger partial charge in [-0.15, -0.1) is 0 Å². The Labute approximate surface area is 157 Å². The Morgan fingerprint density at radius 1 is 1.15 bits per heavy atom. The molecule has 1 heterocycles. The standard InChI is InChI=1S/C21H23N3O3/c1-3-14-4-7-17(8-5-14)23-12-16-10-15-6-9-18(27-2)11-19(15)24(21(16)26)13-20(22)25/h4-11,23H,3,12-13H2,1-2H3,(H2,22,25). The zero-order valence-electron chi connectivity index (χ0n) is 15.5. The molecule has 6 heteroatoms. The lowest BCUT2D eigenvalue weighted by Gasteiger charge is -2.14. The van der Waals surface area contributed by atoms with Crippen LogP contribution >= 0.6 is 0 Å². The number of methoxy groups -OCH3 is 1. The van der Waals surface area contributed by atoms with E-state index in [9.17, 15) is 9.59 Å². The number of hydrogen-bond acceptors (Lipinski definition) is 4.